The lowest BCUT2D eigenvalue weighted by Gasteiger charge is -1.87. The highest BCUT2D eigenvalue weighted by molar-refractivity contribution is 6.59. The minimum absolute atomic E-state index is 0.0455. The molecule has 2 N–H and O–H groups in total. The zero-order valence-electron chi connectivity index (χ0n) is 3.42. The Hall–Kier alpha value is 0.570. The molecule has 0 rings (SSSR count). The summed E-state index contributed by atoms with van der Waals surface area (Å²) in [4.78, 5) is 0. The Morgan fingerprint density at radius 1 is 1.29 bits per heavy atom. The molecule has 0 aliphatic rings. The molecule has 0 aliphatic carbocycles. The predicted octanol–water partition coefficient (Wildman–Crippen LogP) is 1.83. The van der Waals surface area contributed by atoms with Gasteiger partial charge in [-0.15, -0.1) is 0 Å². The van der Waals surface area contributed by atoms with Crippen LogP contribution in [-0.2, 0) is 0 Å². The standard InChI is InChI=1S/C3H4Cl3N/c4-2(1-7)3(5)6/h1,7H2. The van der Waals surface area contributed by atoms with E-state index in [4.69, 9.17) is 40.5 Å². The van der Waals surface area contributed by atoms with E-state index in [0.29, 0.717) is 5.03 Å². The van der Waals surface area contributed by atoms with Crippen molar-refractivity contribution in [3.8, 4) is 0 Å². The molecule has 0 fully saturated rings. The first kappa shape index (κ1) is 7.57. The van der Waals surface area contributed by atoms with Crippen LogP contribution in [0.25, 0.3) is 0 Å². The Morgan fingerprint density at radius 3 is 1.71 bits per heavy atom. The summed E-state index contributed by atoms with van der Waals surface area (Å²) >= 11 is 15.6. The molecule has 0 aromatic carbocycles. The van der Waals surface area contributed by atoms with Gasteiger partial charge < -0.3 is 5.73 Å². The van der Waals surface area contributed by atoms with Gasteiger partial charge in [-0.1, -0.05) is 34.8 Å². The molecule has 7 heavy (non-hydrogen) atoms. The summed E-state index contributed by atoms with van der Waals surface area (Å²) in [7, 11) is 0. The van der Waals surface area contributed by atoms with Crippen molar-refractivity contribution in [3.05, 3.63) is 9.52 Å². The van der Waals surface area contributed by atoms with Gasteiger partial charge in [0.05, 0.1) is 5.03 Å². The highest BCUT2D eigenvalue weighted by atomic mass is 35.5. The van der Waals surface area contributed by atoms with Crippen LogP contribution in [0.15, 0.2) is 9.52 Å². The van der Waals surface area contributed by atoms with Gasteiger partial charge in [0.1, 0.15) is 4.49 Å². The molecule has 0 aromatic rings. The average Bonchev–Trinajstić information content (AvgIpc) is 1.65. The number of halogens is 3. The highest BCUT2D eigenvalue weighted by Gasteiger charge is 1.91. The summed E-state index contributed by atoms with van der Waals surface area (Å²) in [5.74, 6) is 0. The third kappa shape index (κ3) is 3.18. The fraction of sp³-hybridized carbons (Fsp3) is 0.333. The molecule has 0 radical (unpaired) electrons. The van der Waals surface area contributed by atoms with Gasteiger partial charge in [-0.3, -0.25) is 0 Å². The van der Waals surface area contributed by atoms with Gasteiger partial charge in [0.25, 0.3) is 0 Å². The number of hydrogen-bond acceptors (Lipinski definition) is 1. The molecule has 0 bridgehead atoms. The summed E-state index contributed by atoms with van der Waals surface area (Å²) in [5, 5.41) is 0.295. The summed E-state index contributed by atoms with van der Waals surface area (Å²) in [6, 6.07) is 0. The molecule has 0 saturated carbocycles. The molecule has 42 valence electrons. The SMILES string of the molecule is NCC(Cl)=C(Cl)Cl. The molecule has 0 aliphatic heterocycles. The summed E-state index contributed by atoms with van der Waals surface area (Å²) < 4.78 is 0.0455. The van der Waals surface area contributed by atoms with E-state index >= 15 is 0 Å². The van der Waals surface area contributed by atoms with Crippen molar-refractivity contribution >= 4 is 34.8 Å². The molecule has 0 aromatic heterocycles. The maximum absolute atomic E-state index is 5.29. The topological polar surface area (TPSA) is 26.0 Å². The third-order valence-electron chi connectivity index (χ3n) is 0.384. The van der Waals surface area contributed by atoms with E-state index in [-0.39, 0.29) is 11.0 Å². The average molecular weight is 160 g/mol. The second-order valence-electron chi connectivity index (χ2n) is 0.869. The third-order valence-corrected chi connectivity index (χ3v) is 1.38. The van der Waals surface area contributed by atoms with Crippen LogP contribution in [0.1, 0.15) is 0 Å². The quantitative estimate of drug-likeness (QED) is 0.622. The summed E-state index contributed by atoms with van der Waals surface area (Å²) in [6.07, 6.45) is 0. The first-order valence-corrected chi connectivity index (χ1v) is 2.71. The highest BCUT2D eigenvalue weighted by Crippen LogP contribution is 2.15. The van der Waals surface area contributed by atoms with Crippen molar-refractivity contribution in [1.82, 2.24) is 0 Å². The van der Waals surface area contributed by atoms with Gasteiger partial charge in [-0.05, 0) is 0 Å². The van der Waals surface area contributed by atoms with Crippen molar-refractivity contribution in [3.63, 3.8) is 0 Å². The fourth-order valence-corrected chi connectivity index (χ4v) is 0.231. The minimum Gasteiger partial charge on any atom is -0.326 e. The van der Waals surface area contributed by atoms with Crippen molar-refractivity contribution < 1.29 is 0 Å². The molecule has 0 heterocycles. The first-order valence-electron chi connectivity index (χ1n) is 1.58. The Morgan fingerprint density at radius 2 is 1.71 bits per heavy atom. The second-order valence-corrected chi connectivity index (χ2v) is 2.28. The van der Waals surface area contributed by atoms with E-state index < -0.39 is 0 Å². The molecule has 0 spiro atoms. The van der Waals surface area contributed by atoms with Crippen molar-refractivity contribution in [2.45, 2.75) is 0 Å². The summed E-state index contributed by atoms with van der Waals surface area (Å²) in [5.41, 5.74) is 5.01. The largest absolute Gasteiger partial charge is 0.326 e. The van der Waals surface area contributed by atoms with Crippen LogP contribution in [0.5, 0.6) is 0 Å². The van der Waals surface area contributed by atoms with Gasteiger partial charge in [-0.25, -0.2) is 0 Å². The first-order chi connectivity index (χ1) is 3.18. The zero-order valence-corrected chi connectivity index (χ0v) is 5.69. The molecule has 0 atom stereocenters. The number of nitrogens with two attached hydrogens (primary N) is 1. The lowest BCUT2D eigenvalue weighted by atomic mass is 10.6. The van der Waals surface area contributed by atoms with Crippen LogP contribution in [0, 0.1) is 0 Å². The van der Waals surface area contributed by atoms with Crippen molar-refractivity contribution in [1.29, 1.82) is 0 Å². The van der Waals surface area contributed by atoms with Crippen LogP contribution in [0.2, 0.25) is 0 Å². The van der Waals surface area contributed by atoms with E-state index in [2.05, 4.69) is 0 Å². The van der Waals surface area contributed by atoms with Gasteiger partial charge in [0.2, 0.25) is 0 Å². The van der Waals surface area contributed by atoms with Gasteiger partial charge in [0.15, 0.2) is 0 Å². The Labute approximate surface area is 57.0 Å². The maximum atomic E-state index is 5.29. The van der Waals surface area contributed by atoms with E-state index in [1.807, 2.05) is 0 Å². The van der Waals surface area contributed by atoms with Crippen LogP contribution in [0.3, 0.4) is 0 Å². The van der Waals surface area contributed by atoms with Crippen LogP contribution in [-0.4, -0.2) is 6.54 Å². The lowest BCUT2D eigenvalue weighted by Crippen LogP contribution is -1.97. The maximum Gasteiger partial charge on any atom is 0.122 e. The predicted molar refractivity (Wildman–Crippen MR) is 33.6 cm³/mol. The molecule has 0 unspecified atom stereocenters. The van der Waals surface area contributed by atoms with Crippen LogP contribution in [0.4, 0.5) is 0 Å². The van der Waals surface area contributed by atoms with E-state index in [1.54, 1.807) is 0 Å². The van der Waals surface area contributed by atoms with Crippen LogP contribution < -0.4 is 5.73 Å². The van der Waals surface area contributed by atoms with Gasteiger partial charge in [0, 0.05) is 6.54 Å². The fourth-order valence-electron chi connectivity index (χ4n) is 0.0772. The van der Waals surface area contributed by atoms with E-state index in [9.17, 15) is 0 Å². The molecule has 1 nitrogen and oxygen atoms in total. The molecule has 4 heteroatoms. The Balaban J connectivity index is 3.72. The molecular weight excluding hydrogens is 156 g/mol. The lowest BCUT2D eigenvalue weighted by molar-refractivity contribution is 1.23. The van der Waals surface area contributed by atoms with E-state index in [0.717, 1.165) is 0 Å². The van der Waals surface area contributed by atoms with Gasteiger partial charge in [-0.2, -0.15) is 0 Å². The van der Waals surface area contributed by atoms with Crippen molar-refractivity contribution in [2.75, 3.05) is 6.54 Å². The second kappa shape index (κ2) is 3.56. The number of rotatable bonds is 1. The molecule has 0 amide bonds. The van der Waals surface area contributed by atoms with E-state index in [1.165, 1.54) is 0 Å². The monoisotopic (exact) mass is 159 g/mol. The van der Waals surface area contributed by atoms with Crippen molar-refractivity contribution in [2.24, 2.45) is 5.73 Å². The normalized spacial score (nSPS) is 8.57. The Kier molecular flexibility index (Phi) is 3.85. The number of hydrogen-bond donors (Lipinski definition) is 1. The summed E-state index contributed by atoms with van der Waals surface area (Å²) in [6.45, 7) is 0.198. The van der Waals surface area contributed by atoms with Crippen LogP contribution >= 0.6 is 34.8 Å². The molecule has 0 saturated heterocycles. The zero-order chi connectivity index (χ0) is 5.86. The Bertz CT molecular complexity index is 84.2. The molecular formula is C3H4Cl3N. The smallest absolute Gasteiger partial charge is 0.122 e. The van der Waals surface area contributed by atoms with Gasteiger partial charge >= 0.3 is 0 Å². The minimum atomic E-state index is 0.0455.